The second kappa shape index (κ2) is 8.58. The molecule has 0 unspecified atom stereocenters. The number of hydrogen-bond acceptors (Lipinski definition) is 3. The van der Waals surface area contributed by atoms with Crippen molar-refractivity contribution in [1.29, 1.82) is 0 Å². The number of amides is 2. The van der Waals surface area contributed by atoms with Gasteiger partial charge < -0.3 is 5.32 Å². The number of rotatable bonds is 5. The highest BCUT2D eigenvalue weighted by atomic mass is 35.5. The SMILES string of the molecule is Cc1ccc(NC2=C(c3ccc(Cl)cc3Cl)C(=O)N(Cc3ccccc3)C2=O)c(C)c1. The van der Waals surface area contributed by atoms with Crippen LogP contribution in [-0.2, 0) is 16.1 Å². The van der Waals surface area contributed by atoms with Crippen LogP contribution in [-0.4, -0.2) is 16.7 Å². The summed E-state index contributed by atoms with van der Waals surface area (Å²) in [5.74, 6) is -0.791. The average molecular weight is 451 g/mol. The van der Waals surface area contributed by atoms with Gasteiger partial charge in [-0.1, -0.05) is 77.3 Å². The third kappa shape index (κ3) is 4.22. The number of nitrogens with one attached hydrogen (secondary N) is 1. The standard InChI is InChI=1S/C25H20Cl2N2O2/c1-15-8-11-21(16(2)12-15)28-23-22(19-10-9-18(26)13-20(19)27)24(30)29(25(23)31)14-17-6-4-3-5-7-17/h3-13,28H,14H2,1-2H3. The van der Waals surface area contributed by atoms with Gasteiger partial charge >= 0.3 is 0 Å². The van der Waals surface area contributed by atoms with E-state index in [0.29, 0.717) is 15.6 Å². The van der Waals surface area contributed by atoms with Crippen LogP contribution in [0.4, 0.5) is 5.69 Å². The summed E-state index contributed by atoms with van der Waals surface area (Å²) in [6.07, 6.45) is 0. The summed E-state index contributed by atoms with van der Waals surface area (Å²) in [4.78, 5) is 28.0. The van der Waals surface area contributed by atoms with Crippen LogP contribution < -0.4 is 5.32 Å². The van der Waals surface area contributed by atoms with Gasteiger partial charge in [0.25, 0.3) is 11.8 Å². The molecule has 1 aliphatic rings. The van der Waals surface area contributed by atoms with Gasteiger partial charge in [0.2, 0.25) is 0 Å². The molecule has 0 fully saturated rings. The van der Waals surface area contributed by atoms with Crippen molar-refractivity contribution in [1.82, 2.24) is 4.90 Å². The Balaban J connectivity index is 1.80. The number of aryl methyl sites for hydroxylation is 2. The zero-order valence-electron chi connectivity index (χ0n) is 17.1. The van der Waals surface area contributed by atoms with Gasteiger partial charge in [-0.25, -0.2) is 0 Å². The largest absolute Gasteiger partial charge is 0.350 e. The molecule has 3 aromatic rings. The lowest BCUT2D eigenvalue weighted by atomic mass is 10.0. The van der Waals surface area contributed by atoms with E-state index in [1.165, 1.54) is 4.90 Å². The lowest BCUT2D eigenvalue weighted by molar-refractivity contribution is -0.137. The van der Waals surface area contributed by atoms with Crippen LogP contribution in [0, 0.1) is 13.8 Å². The van der Waals surface area contributed by atoms with Gasteiger partial charge in [0.15, 0.2) is 0 Å². The highest BCUT2D eigenvalue weighted by molar-refractivity contribution is 6.41. The molecule has 3 aromatic carbocycles. The molecule has 6 heteroatoms. The minimum Gasteiger partial charge on any atom is -0.350 e. The van der Waals surface area contributed by atoms with E-state index in [1.54, 1.807) is 18.2 Å². The van der Waals surface area contributed by atoms with Crippen LogP contribution in [0.5, 0.6) is 0 Å². The number of imide groups is 1. The molecule has 0 bridgehead atoms. The Bertz CT molecular complexity index is 1220. The van der Waals surface area contributed by atoms with Gasteiger partial charge in [-0.15, -0.1) is 0 Å². The van der Waals surface area contributed by atoms with Crippen molar-refractivity contribution in [2.24, 2.45) is 0 Å². The Labute approximate surface area is 191 Å². The fourth-order valence-corrected chi connectivity index (χ4v) is 4.14. The Morgan fingerprint density at radius 1 is 0.871 bits per heavy atom. The summed E-state index contributed by atoms with van der Waals surface area (Å²) in [6, 6.07) is 20.2. The first kappa shape index (κ1) is 21.2. The summed E-state index contributed by atoms with van der Waals surface area (Å²) in [5, 5.41) is 3.96. The van der Waals surface area contributed by atoms with E-state index < -0.39 is 11.8 Å². The van der Waals surface area contributed by atoms with E-state index in [-0.39, 0.29) is 17.8 Å². The molecule has 1 N–H and O–H groups in total. The molecule has 0 spiro atoms. The molecule has 1 aliphatic heterocycles. The number of hydrogen-bond donors (Lipinski definition) is 1. The zero-order chi connectivity index (χ0) is 22.1. The molecule has 0 atom stereocenters. The van der Waals surface area contributed by atoms with Gasteiger partial charge in [-0.05, 0) is 43.2 Å². The molecule has 31 heavy (non-hydrogen) atoms. The van der Waals surface area contributed by atoms with Gasteiger partial charge in [0.05, 0.1) is 17.1 Å². The summed E-state index contributed by atoms with van der Waals surface area (Å²) in [7, 11) is 0. The first-order chi connectivity index (χ1) is 14.8. The summed E-state index contributed by atoms with van der Waals surface area (Å²) in [5.41, 5.74) is 4.60. The predicted octanol–water partition coefficient (Wildman–Crippen LogP) is 6.00. The zero-order valence-corrected chi connectivity index (χ0v) is 18.6. The minimum atomic E-state index is -0.398. The predicted molar refractivity (Wildman–Crippen MR) is 125 cm³/mol. The maximum absolute atomic E-state index is 13.4. The summed E-state index contributed by atoms with van der Waals surface area (Å²) < 4.78 is 0. The van der Waals surface area contributed by atoms with Crippen molar-refractivity contribution in [3.05, 3.63) is 105 Å². The second-order valence-electron chi connectivity index (χ2n) is 7.50. The summed E-state index contributed by atoms with van der Waals surface area (Å²) in [6.45, 7) is 4.12. The number of carbonyl (C=O) groups excluding carboxylic acids is 2. The molecule has 0 aliphatic carbocycles. The van der Waals surface area contributed by atoms with Gasteiger partial charge in [-0.3, -0.25) is 14.5 Å². The van der Waals surface area contributed by atoms with Crippen molar-refractivity contribution in [3.63, 3.8) is 0 Å². The Morgan fingerprint density at radius 2 is 1.61 bits per heavy atom. The molecule has 1 heterocycles. The van der Waals surface area contributed by atoms with E-state index >= 15 is 0 Å². The number of anilines is 1. The number of carbonyl (C=O) groups is 2. The molecule has 156 valence electrons. The lowest BCUT2D eigenvalue weighted by Crippen LogP contribution is -2.32. The Morgan fingerprint density at radius 3 is 2.29 bits per heavy atom. The first-order valence-electron chi connectivity index (χ1n) is 9.79. The van der Waals surface area contributed by atoms with Crippen LogP contribution in [0.1, 0.15) is 22.3 Å². The fourth-order valence-electron chi connectivity index (χ4n) is 3.63. The monoisotopic (exact) mass is 450 g/mol. The van der Waals surface area contributed by atoms with Crippen LogP contribution >= 0.6 is 23.2 Å². The fraction of sp³-hybridized carbons (Fsp3) is 0.120. The quantitative estimate of drug-likeness (QED) is 0.484. The number of nitrogens with zero attached hydrogens (tertiary/aromatic N) is 1. The van der Waals surface area contributed by atoms with Crippen LogP contribution in [0.25, 0.3) is 5.57 Å². The summed E-state index contributed by atoms with van der Waals surface area (Å²) >= 11 is 12.5. The molecule has 0 saturated carbocycles. The van der Waals surface area contributed by atoms with Crippen molar-refractivity contribution in [3.8, 4) is 0 Å². The Hall–Kier alpha value is -3.08. The molecule has 4 rings (SSSR count). The maximum atomic E-state index is 13.4. The molecule has 0 radical (unpaired) electrons. The smallest absolute Gasteiger partial charge is 0.278 e. The first-order valence-corrected chi connectivity index (χ1v) is 10.5. The minimum absolute atomic E-state index is 0.172. The van der Waals surface area contributed by atoms with Gasteiger partial charge in [0, 0.05) is 16.3 Å². The third-order valence-corrected chi connectivity index (χ3v) is 5.74. The Kier molecular flexibility index (Phi) is 5.86. The number of halogens is 2. The van der Waals surface area contributed by atoms with E-state index in [0.717, 1.165) is 22.4 Å². The molecular weight excluding hydrogens is 431 g/mol. The van der Waals surface area contributed by atoms with E-state index in [9.17, 15) is 9.59 Å². The molecular formula is C25H20Cl2N2O2. The topological polar surface area (TPSA) is 49.4 Å². The normalized spacial score (nSPS) is 13.9. The highest BCUT2D eigenvalue weighted by Crippen LogP contribution is 2.36. The van der Waals surface area contributed by atoms with Gasteiger partial charge in [0.1, 0.15) is 5.70 Å². The maximum Gasteiger partial charge on any atom is 0.278 e. The molecule has 2 amide bonds. The number of benzene rings is 3. The van der Waals surface area contributed by atoms with Crippen molar-refractivity contribution in [2.45, 2.75) is 20.4 Å². The van der Waals surface area contributed by atoms with E-state index in [4.69, 9.17) is 23.2 Å². The average Bonchev–Trinajstić information content (AvgIpc) is 2.95. The lowest BCUT2D eigenvalue weighted by Gasteiger charge is -2.16. The van der Waals surface area contributed by atoms with Gasteiger partial charge in [-0.2, -0.15) is 0 Å². The van der Waals surface area contributed by atoms with Crippen molar-refractivity contribution >= 4 is 46.3 Å². The highest BCUT2D eigenvalue weighted by Gasteiger charge is 2.40. The van der Waals surface area contributed by atoms with Crippen molar-refractivity contribution in [2.75, 3.05) is 5.32 Å². The van der Waals surface area contributed by atoms with Crippen LogP contribution in [0.15, 0.2) is 72.4 Å². The van der Waals surface area contributed by atoms with E-state index in [1.807, 2.05) is 62.4 Å². The molecule has 0 saturated heterocycles. The molecule has 4 nitrogen and oxygen atoms in total. The van der Waals surface area contributed by atoms with Crippen LogP contribution in [0.3, 0.4) is 0 Å². The second-order valence-corrected chi connectivity index (χ2v) is 8.34. The van der Waals surface area contributed by atoms with Crippen molar-refractivity contribution < 1.29 is 9.59 Å². The third-order valence-electron chi connectivity index (χ3n) is 5.19. The van der Waals surface area contributed by atoms with E-state index in [2.05, 4.69) is 5.32 Å². The van der Waals surface area contributed by atoms with Crippen LogP contribution in [0.2, 0.25) is 10.0 Å². The molecule has 0 aromatic heterocycles.